The number of hydrogen-bond donors (Lipinski definition) is 2. The van der Waals surface area contributed by atoms with Gasteiger partial charge in [-0.25, -0.2) is 18.0 Å². The Kier molecular flexibility index (Phi) is 8.85. The Hall–Kier alpha value is -2.40. The zero-order valence-electron chi connectivity index (χ0n) is 16.5. The van der Waals surface area contributed by atoms with Gasteiger partial charge in [0.15, 0.2) is 0 Å². The van der Waals surface area contributed by atoms with E-state index in [0.29, 0.717) is 18.0 Å². The summed E-state index contributed by atoms with van der Waals surface area (Å²) in [6.07, 6.45) is 2.07. The second-order valence-electron chi connectivity index (χ2n) is 6.45. The minimum Gasteiger partial charge on any atom is -0.473 e. The fourth-order valence-corrected chi connectivity index (χ4v) is 4.71. The number of rotatable bonds is 5. The van der Waals surface area contributed by atoms with E-state index in [1.807, 2.05) is 6.07 Å². The van der Waals surface area contributed by atoms with E-state index in [-0.39, 0.29) is 0 Å². The number of sulfonamides is 1. The van der Waals surface area contributed by atoms with Crippen molar-refractivity contribution in [2.75, 3.05) is 32.4 Å². The molecule has 0 spiro atoms. The van der Waals surface area contributed by atoms with Crippen LogP contribution in [0.25, 0.3) is 0 Å². The van der Waals surface area contributed by atoms with Crippen LogP contribution in [0, 0.1) is 0 Å². The molecule has 0 radical (unpaired) electrons. The van der Waals surface area contributed by atoms with E-state index in [4.69, 9.17) is 19.8 Å². The molecule has 0 unspecified atom stereocenters. The zero-order chi connectivity index (χ0) is 22.1. The number of hydrogen-bond acceptors (Lipinski definition) is 6. The second-order valence-corrected chi connectivity index (χ2v) is 9.27. The molecule has 3 rings (SSSR count). The van der Waals surface area contributed by atoms with Crippen LogP contribution in [-0.4, -0.2) is 72.2 Å². The molecule has 0 bridgehead atoms. The van der Waals surface area contributed by atoms with E-state index >= 15 is 0 Å². The van der Waals surface area contributed by atoms with Crippen LogP contribution in [0.15, 0.2) is 64.4 Å². The number of carboxylic acid groups (broad SMARTS) is 2. The molecule has 2 N–H and O–H groups in total. The highest BCUT2D eigenvalue weighted by Gasteiger charge is 2.28. The summed E-state index contributed by atoms with van der Waals surface area (Å²) in [4.78, 5) is 22.2. The highest BCUT2D eigenvalue weighted by atomic mass is 32.2. The van der Waals surface area contributed by atoms with Gasteiger partial charge in [-0.3, -0.25) is 4.90 Å². The average molecular weight is 453 g/mol. The van der Waals surface area contributed by atoms with Crippen LogP contribution >= 0.6 is 11.8 Å². The van der Waals surface area contributed by atoms with Crippen molar-refractivity contribution >= 4 is 33.7 Å². The van der Waals surface area contributed by atoms with E-state index in [1.54, 1.807) is 40.3 Å². The standard InChI is InChI=1S/C18H22N2O2S2.C2H2O4/c1-23-17-9-7-16(8-10-17)15-19-11-13-20(14-12-19)24(21,22)18-5-3-2-4-6-18;3-1(4)2(5)6/h2-10H,11-15H2,1H3;(H,3,4)(H,5,6). The van der Waals surface area contributed by atoms with Crippen molar-refractivity contribution in [3.05, 3.63) is 60.2 Å². The van der Waals surface area contributed by atoms with Gasteiger partial charge in [-0.05, 0) is 36.1 Å². The van der Waals surface area contributed by atoms with E-state index in [1.165, 1.54) is 10.5 Å². The molecule has 1 heterocycles. The largest absolute Gasteiger partial charge is 0.473 e. The van der Waals surface area contributed by atoms with Crippen molar-refractivity contribution in [3.63, 3.8) is 0 Å². The summed E-state index contributed by atoms with van der Waals surface area (Å²) >= 11 is 1.74. The SMILES string of the molecule is CSc1ccc(CN2CCN(S(=O)(=O)c3ccccc3)CC2)cc1.O=C(O)C(=O)O. The molecule has 8 nitrogen and oxygen atoms in total. The smallest absolute Gasteiger partial charge is 0.414 e. The van der Waals surface area contributed by atoms with Crippen LogP contribution in [-0.2, 0) is 26.2 Å². The summed E-state index contributed by atoms with van der Waals surface area (Å²) < 4.78 is 26.8. The first-order valence-corrected chi connectivity index (χ1v) is 11.8. The Morgan fingerprint density at radius 2 is 1.43 bits per heavy atom. The Morgan fingerprint density at radius 1 is 0.900 bits per heavy atom. The number of nitrogens with zero attached hydrogens (tertiary/aromatic N) is 2. The van der Waals surface area contributed by atoms with E-state index in [0.717, 1.165) is 19.6 Å². The molecular weight excluding hydrogens is 428 g/mol. The summed E-state index contributed by atoms with van der Waals surface area (Å²) in [6.45, 7) is 3.47. The molecule has 0 atom stereocenters. The molecule has 10 heteroatoms. The van der Waals surface area contributed by atoms with Gasteiger partial charge in [-0.15, -0.1) is 11.8 Å². The van der Waals surface area contributed by atoms with Crippen LogP contribution in [0.4, 0.5) is 0 Å². The number of aliphatic carboxylic acids is 2. The first-order valence-electron chi connectivity index (χ1n) is 9.10. The molecule has 1 saturated heterocycles. The summed E-state index contributed by atoms with van der Waals surface area (Å²) in [5.41, 5.74) is 1.27. The Labute approximate surface area is 180 Å². The van der Waals surface area contributed by atoms with Crippen molar-refractivity contribution in [1.82, 2.24) is 9.21 Å². The van der Waals surface area contributed by atoms with Crippen LogP contribution < -0.4 is 0 Å². The summed E-state index contributed by atoms with van der Waals surface area (Å²) in [7, 11) is -3.36. The molecule has 0 aromatic heterocycles. The van der Waals surface area contributed by atoms with Gasteiger partial charge in [0.25, 0.3) is 0 Å². The highest BCUT2D eigenvalue weighted by Crippen LogP contribution is 2.19. The molecule has 2 aromatic rings. The van der Waals surface area contributed by atoms with Crippen molar-refractivity contribution in [3.8, 4) is 0 Å². The van der Waals surface area contributed by atoms with Gasteiger partial charge in [0.2, 0.25) is 10.0 Å². The molecule has 0 amide bonds. The van der Waals surface area contributed by atoms with Gasteiger partial charge in [0.05, 0.1) is 4.90 Å². The van der Waals surface area contributed by atoms with Crippen molar-refractivity contribution < 1.29 is 28.2 Å². The quantitative estimate of drug-likeness (QED) is 0.523. The lowest BCUT2D eigenvalue weighted by atomic mass is 10.2. The molecule has 2 aromatic carbocycles. The van der Waals surface area contributed by atoms with Gasteiger partial charge in [0.1, 0.15) is 0 Å². The Morgan fingerprint density at radius 3 is 1.90 bits per heavy atom. The molecule has 30 heavy (non-hydrogen) atoms. The predicted molar refractivity (Wildman–Crippen MR) is 114 cm³/mol. The Balaban J connectivity index is 0.000000469. The number of thioether (sulfide) groups is 1. The maximum absolute atomic E-state index is 12.6. The van der Waals surface area contributed by atoms with Gasteiger partial charge in [-0.1, -0.05) is 30.3 Å². The molecular formula is C20H24N2O6S2. The second kappa shape index (κ2) is 11.1. The maximum Gasteiger partial charge on any atom is 0.414 e. The fourth-order valence-electron chi connectivity index (χ4n) is 2.86. The molecule has 1 fully saturated rings. The lowest BCUT2D eigenvalue weighted by Gasteiger charge is -2.34. The summed E-state index contributed by atoms with van der Waals surface area (Å²) in [5.74, 6) is -3.65. The average Bonchev–Trinajstić information content (AvgIpc) is 2.75. The molecule has 0 saturated carbocycles. The van der Waals surface area contributed by atoms with E-state index in [9.17, 15) is 8.42 Å². The van der Waals surface area contributed by atoms with Gasteiger partial charge in [0, 0.05) is 37.6 Å². The van der Waals surface area contributed by atoms with Crippen LogP contribution in [0.1, 0.15) is 5.56 Å². The number of carbonyl (C=O) groups is 2. The van der Waals surface area contributed by atoms with E-state index in [2.05, 4.69) is 35.4 Å². The van der Waals surface area contributed by atoms with E-state index < -0.39 is 22.0 Å². The van der Waals surface area contributed by atoms with Crippen molar-refractivity contribution in [1.29, 1.82) is 0 Å². The first kappa shape index (κ1) is 23.9. The minimum atomic E-state index is -3.36. The maximum atomic E-state index is 12.6. The number of benzene rings is 2. The normalized spacial score (nSPS) is 15.1. The third-order valence-electron chi connectivity index (χ3n) is 4.46. The van der Waals surface area contributed by atoms with Crippen LogP contribution in [0.5, 0.6) is 0 Å². The van der Waals surface area contributed by atoms with Gasteiger partial charge >= 0.3 is 11.9 Å². The Bertz CT molecular complexity index is 929. The molecule has 162 valence electrons. The third-order valence-corrected chi connectivity index (χ3v) is 7.12. The van der Waals surface area contributed by atoms with Gasteiger partial charge in [-0.2, -0.15) is 4.31 Å². The zero-order valence-corrected chi connectivity index (χ0v) is 18.1. The number of carboxylic acids is 2. The molecule has 0 aliphatic carbocycles. The van der Waals surface area contributed by atoms with Gasteiger partial charge < -0.3 is 10.2 Å². The summed E-state index contributed by atoms with van der Waals surface area (Å²) in [6, 6.07) is 17.3. The molecule has 1 aliphatic rings. The monoisotopic (exact) mass is 452 g/mol. The predicted octanol–water partition coefficient (Wildman–Crippen LogP) is 2.07. The van der Waals surface area contributed by atoms with Crippen molar-refractivity contribution in [2.45, 2.75) is 16.3 Å². The fraction of sp³-hybridized carbons (Fsp3) is 0.300. The lowest BCUT2D eigenvalue weighted by molar-refractivity contribution is -0.159. The first-order chi connectivity index (χ1) is 14.2. The number of piperazine rings is 1. The molecule has 1 aliphatic heterocycles. The summed E-state index contributed by atoms with van der Waals surface area (Å²) in [5, 5.41) is 14.8. The minimum absolute atomic E-state index is 0.381. The topological polar surface area (TPSA) is 115 Å². The van der Waals surface area contributed by atoms with Crippen molar-refractivity contribution in [2.24, 2.45) is 0 Å². The lowest BCUT2D eigenvalue weighted by Crippen LogP contribution is -2.48. The van der Waals surface area contributed by atoms with Crippen LogP contribution in [0.3, 0.4) is 0 Å². The highest BCUT2D eigenvalue weighted by molar-refractivity contribution is 7.98. The third kappa shape index (κ3) is 6.84. The van der Waals surface area contributed by atoms with Crippen LogP contribution in [0.2, 0.25) is 0 Å².